The van der Waals surface area contributed by atoms with Crippen molar-refractivity contribution < 1.29 is 18.8 Å². The van der Waals surface area contributed by atoms with Crippen molar-refractivity contribution in [3.05, 3.63) is 30.3 Å². The van der Waals surface area contributed by atoms with Crippen LogP contribution in [0, 0.1) is 0 Å². The minimum absolute atomic E-state index is 0.0791. The topological polar surface area (TPSA) is 94.7 Å². The molecule has 0 spiro atoms. The van der Waals surface area contributed by atoms with E-state index in [1.807, 2.05) is 6.07 Å². The number of hydrogen-bond donors (Lipinski definition) is 2. The van der Waals surface area contributed by atoms with Gasteiger partial charge in [0.25, 0.3) is 5.88 Å². The van der Waals surface area contributed by atoms with Crippen molar-refractivity contribution >= 4 is 22.7 Å². The third kappa shape index (κ3) is 3.66. The predicted octanol–water partition coefficient (Wildman–Crippen LogP) is 1.94. The van der Waals surface area contributed by atoms with Crippen LogP contribution in [-0.4, -0.2) is 28.5 Å². The Bertz CT molecular complexity index is 654. The number of aromatic hydroxyl groups is 1. The smallest absolute Gasteiger partial charge is 0.261 e. The zero-order valence-corrected chi connectivity index (χ0v) is 13.0. The summed E-state index contributed by atoms with van der Waals surface area (Å²) in [6.45, 7) is 0. The molecule has 0 aliphatic rings. The zero-order valence-electron chi connectivity index (χ0n) is 11.4. The van der Waals surface area contributed by atoms with Crippen LogP contribution >= 0.6 is 11.8 Å². The number of methoxy groups -OCH3 is 2. The minimum Gasteiger partial charge on any atom is -0.501 e. The van der Waals surface area contributed by atoms with Gasteiger partial charge in [0, 0.05) is 11.0 Å². The number of aromatic nitrogens is 1. The van der Waals surface area contributed by atoms with Crippen LogP contribution in [0.15, 0.2) is 45.1 Å². The van der Waals surface area contributed by atoms with Crippen molar-refractivity contribution in [3.63, 3.8) is 0 Å². The molecule has 21 heavy (non-hydrogen) atoms. The second-order valence-electron chi connectivity index (χ2n) is 3.89. The third-order valence-corrected chi connectivity index (χ3v) is 4.20. The van der Waals surface area contributed by atoms with E-state index in [1.54, 1.807) is 24.3 Å². The molecule has 0 amide bonds. The normalized spacial score (nSPS) is 12.0. The average Bonchev–Trinajstić information content (AvgIpc) is 2.49. The van der Waals surface area contributed by atoms with Crippen LogP contribution in [0.25, 0.3) is 0 Å². The lowest BCUT2D eigenvalue weighted by molar-refractivity contribution is 0.326. The number of ether oxygens (including phenoxy) is 2. The first-order valence-electron chi connectivity index (χ1n) is 5.81. The Labute approximate surface area is 128 Å². The van der Waals surface area contributed by atoms with E-state index in [0.29, 0.717) is 9.92 Å². The summed E-state index contributed by atoms with van der Waals surface area (Å²) in [6, 6.07) is 8.60. The van der Waals surface area contributed by atoms with Crippen molar-refractivity contribution in [2.45, 2.75) is 14.8 Å². The van der Waals surface area contributed by atoms with Gasteiger partial charge in [0.2, 0.25) is 5.75 Å². The predicted molar refractivity (Wildman–Crippen MR) is 80.2 cm³/mol. The molecule has 1 heterocycles. The van der Waals surface area contributed by atoms with Gasteiger partial charge in [-0.15, -0.1) is 0 Å². The quantitative estimate of drug-likeness (QED) is 0.872. The fourth-order valence-electron chi connectivity index (χ4n) is 1.61. The number of rotatable bonds is 5. The standard InChI is InChI=1S/C13H14N2O4S2/c1-18-10-7-11(15-13(19-2)12(10)16)20-8-4-3-5-9(6-8)21(14)17/h3-7,16H,14H2,1-2H3. The molecule has 112 valence electrons. The van der Waals surface area contributed by atoms with E-state index in [-0.39, 0.29) is 17.4 Å². The van der Waals surface area contributed by atoms with Gasteiger partial charge in [-0.25, -0.2) is 14.3 Å². The second kappa shape index (κ2) is 6.79. The van der Waals surface area contributed by atoms with E-state index in [2.05, 4.69) is 4.98 Å². The number of nitrogens with zero attached hydrogens (tertiary/aromatic N) is 1. The molecule has 0 saturated heterocycles. The number of hydrogen-bond acceptors (Lipinski definition) is 6. The van der Waals surface area contributed by atoms with Gasteiger partial charge in [0.1, 0.15) is 16.0 Å². The zero-order chi connectivity index (χ0) is 15.4. The summed E-state index contributed by atoms with van der Waals surface area (Å²) >= 11 is 1.31. The molecule has 0 fully saturated rings. The van der Waals surface area contributed by atoms with Gasteiger partial charge >= 0.3 is 0 Å². The van der Waals surface area contributed by atoms with E-state index in [4.69, 9.17) is 14.6 Å². The molecule has 0 radical (unpaired) electrons. The Balaban J connectivity index is 2.35. The maximum Gasteiger partial charge on any atom is 0.261 e. The van der Waals surface area contributed by atoms with Crippen LogP contribution in [0.3, 0.4) is 0 Å². The van der Waals surface area contributed by atoms with Gasteiger partial charge in [0.15, 0.2) is 5.75 Å². The molecular weight excluding hydrogens is 312 g/mol. The van der Waals surface area contributed by atoms with E-state index >= 15 is 0 Å². The second-order valence-corrected chi connectivity index (χ2v) is 6.05. The van der Waals surface area contributed by atoms with Crippen LogP contribution in [0.1, 0.15) is 0 Å². The van der Waals surface area contributed by atoms with Crippen molar-refractivity contribution in [1.82, 2.24) is 4.98 Å². The highest BCUT2D eigenvalue weighted by atomic mass is 32.2. The van der Waals surface area contributed by atoms with Gasteiger partial charge in [-0.1, -0.05) is 17.8 Å². The molecule has 1 aromatic heterocycles. The molecule has 2 rings (SSSR count). The highest BCUT2D eigenvalue weighted by molar-refractivity contribution is 7.99. The molecule has 6 nitrogen and oxygen atoms in total. The van der Waals surface area contributed by atoms with E-state index in [9.17, 15) is 9.32 Å². The lowest BCUT2D eigenvalue weighted by Crippen LogP contribution is -2.02. The molecule has 1 atom stereocenters. The molecule has 2 aromatic rings. The summed E-state index contributed by atoms with van der Waals surface area (Å²) in [7, 11) is 1.32. The molecule has 0 bridgehead atoms. The van der Waals surface area contributed by atoms with Crippen molar-refractivity contribution in [2.24, 2.45) is 5.14 Å². The third-order valence-electron chi connectivity index (χ3n) is 2.58. The maximum absolute atomic E-state index is 11.3. The molecule has 3 N–H and O–H groups in total. The highest BCUT2D eigenvalue weighted by Gasteiger charge is 2.14. The van der Waals surface area contributed by atoms with Crippen LogP contribution in [-0.2, 0) is 11.0 Å². The molecular formula is C13H14N2O4S2. The average molecular weight is 326 g/mol. The summed E-state index contributed by atoms with van der Waals surface area (Å²) in [5, 5.41) is 15.7. The Morgan fingerprint density at radius 3 is 2.67 bits per heavy atom. The summed E-state index contributed by atoms with van der Waals surface area (Å²) in [5.41, 5.74) is 0. The first kappa shape index (κ1) is 15.6. The summed E-state index contributed by atoms with van der Waals surface area (Å²) < 4.78 is 21.4. The van der Waals surface area contributed by atoms with Crippen LogP contribution in [0.5, 0.6) is 17.4 Å². The van der Waals surface area contributed by atoms with Gasteiger partial charge < -0.3 is 14.6 Å². The Hall–Kier alpha value is -1.77. The summed E-state index contributed by atoms with van der Waals surface area (Å²) in [6.07, 6.45) is 0. The fourth-order valence-corrected chi connectivity index (χ4v) is 3.00. The molecule has 0 aliphatic heterocycles. The SMILES string of the molecule is COc1cc(Sc2cccc(S(N)=O)c2)nc(OC)c1O. The first-order chi connectivity index (χ1) is 10.0. The van der Waals surface area contributed by atoms with Crippen molar-refractivity contribution in [1.29, 1.82) is 0 Å². The number of pyridine rings is 1. The van der Waals surface area contributed by atoms with Gasteiger partial charge in [-0.05, 0) is 18.2 Å². The molecule has 1 aromatic carbocycles. The maximum atomic E-state index is 11.3. The van der Waals surface area contributed by atoms with Crippen LogP contribution in [0.4, 0.5) is 0 Å². The fraction of sp³-hybridized carbons (Fsp3) is 0.154. The number of benzene rings is 1. The van der Waals surface area contributed by atoms with Crippen LogP contribution in [0.2, 0.25) is 0 Å². The lowest BCUT2D eigenvalue weighted by Gasteiger charge is -2.10. The number of nitrogens with two attached hydrogens (primary N) is 1. The highest BCUT2D eigenvalue weighted by Crippen LogP contribution is 2.39. The lowest BCUT2D eigenvalue weighted by atomic mass is 10.4. The van der Waals surface area contributed by atoms with E-state index in [1.165, 1.54) is 26.0 Å². The molecule has 0 aliphatic carbocycles. The largest absolute Gasteiger partial charge is 0.501 e. The van der Waals surface area contributed by atoms with E-state index < -0.39 is 11.0 Å². The van der Waals surface area contributed by atoms with Crippen LogP contribution < -0.4 is 14.6 Å². The first-order valence-corrected chi connectivity index (χ1v) is 7.84. The van der Waals surface area contributed by atoms with Gasteiger partial charge in [-0.2, -0.15) is 0 Å². The van der Waals surface area contributed by atoms with Crippen molar-refractivity contribution in [3.8, 4) is 17.4 Å². The van der Waals surface area contributed by atoms with E-state index in [0.717, 1.165) is 4.90 Å². The van der Waals surface area contributed by atoms with Gasteiger partial charge in [-0.3, -0.25) is 0 Å². The minimum atomic E-state index is -1.54. The Morgan fingerprint density at radius 2 is 2.05 bits per heavy atom. The Morgan fingerprint density at radius 1 is 1.29 bits per heavy atom. The van der Waals surface area contributed by atoms with Gasteiger partial charge in [0.05, 0.1) is 19.1 Å². The summed E-state index contributed by atoms with van der Waals surface area (Å²) in [4.78, 5) is 5.51. The summed E-state index contributed by atoms with van der Waals surface area (Å²) in [5.74, 6) is 0.194. The molecule has 8 heteroatoms. The Kier molecular flexibility index (Phi) is 5.05. The monoisotopic (exact) mass is 326 g/mol. The van der Waals surface area contributed by atoms with Crippen molar-refractivity contribution in [2.75, 3.05) is 14.2 Å². The molecule has 1 unspecified atom stereocenters. The molecule has 0 saturated carbocycles.